The van der Waals surface area contributed by atoms with Crippen molar-refractivity contribution >= 4 is 34.8 Å². The quantitative estimate of drug-likeness (QED) is 0.765. The van der Waals surface area contributed by atoms with E-state index in [1.807, 2.05) is 23.2 Å². The van der Waals surface area contributed by atoms with Gasteiger partial charge in [0.1, 0.15) is 17.8 Å². The van der Waals surface area contributed by atoms with Gasteiger partial charge in [-0.25, -0.2) is 0 Å². The summed E-state index contributed by atoms with van der Waals surface area (Å²) in [6.45, 7) is 4.21. The smallest absolute Gasteiger partial charge is 0.177 e. The largest absolute Gasteiger partial charge is 0.316 e. The molecule has 0 bridgehead atoms. The summed E-state index contributed by atoms with van der Waals surface area (Å²) in [5, 5.41) is 6.66. The van der Waals surface area contributed by atoms with E-state index < -0.39 is 10.8 Å². The Morgan fingerprint density at radius 1 is 1.30 bits per heavy atom. The highest BCUT2D eigenvalue weighted by Gasteiger charge is 2.41. The molecule has 0 aromatic heterocycles. The zero-order valence-electron chi connectivity index (χ0n) is 12.9. The lowest BCUT2D eigenvalue weighted by molar-refractivity contribution is 0.244. The first-order valence-corrected chi connectivity index (χ1v) is 8.92. The van der Waals surface area contributed by atoms with Crippen molar-refractivity contribution in [3.05, 3.63) is 47.5 Å². The molecule has 3 aliphatic rings. The summed E-state index contributed by atoms with van der Waals surface area (Å²) >= 11 is 0. The van der Waals surface area contributed by atoms with Gasteiger partial charge in [-0.1, -0.05) is 36.4 Å². The Kier molecular flexibility index (Phi) is 4.55. The third-order valence-electron chi connectivity index (χ3n) is 4.23. The molecule has 2 atom stereocenters. The van der Waals surface area contributed by atoms with Crippen LogP contribution in [0.5, 0.6) is 0 Å². The molecule has 7 heteroatoms. The first kappa shape index (κ1) is 16.2. The van der Waals surface area contributed by atoms with Crippen LogP contribution in [-0.4, -0.2) is 56.5 Å². The molecule has 0 fully saturated rings. The summed E-state index contributed by atoms with van der Waals surface area (Å²) in [5.41, 5.74) is 3.13. The van der Waals surface area contributed by atoms with Crippen molar-refractivity contribution in [2.45, 2.75) is 12.3 Å². The maximum Gasteiger partial charge on any atom is 0.177 e. The van der Waals surface area contributed by atoms with Crippen LogP contribution >= 0.6 is 12.4 Å². The van der Waals surface area contributed by atoms with Crippen molar-refractivity contribution in [1.82, 2.24) is 9.91 Å². The van der Waals surface area contributed by atoms with Crippen LogP contribution < -0.4 is 0 Å². The van der Waals surface area contributed by atoms with Gasteiger partial charge in [-0.3, -0.25) is 14.2 Å². The molecule has 4 rings (SSSR count). The van der Waals surface area contributed by atoms with Crippen molar-refractivity contribution in [3.63, 3.8) is 0 Å². The van der Waals surface area contributed by atoms with E-state index in [2.05, 4.69) is 30.0 Å². The minimum absolute atomic E-state index is 0. The molecular weight excluding hydrogens is 332 g/mol. The van der Waals surface area contributed by atoms with E-state index in [1.54, 1.807) is 0 Å². The van der Waals surface area contributed by atoms with Crippen LogP contribution in [0.25, 0.3) is 0 Å². The zero-order chi connectivity index (χ0) is 15.1. The Labute approximate surface area is 144 Å². The van der Waals surface area contributed by atoms with Gasteiger partial charge in [-0.05, 0) is 12.5 Å². The van der Waals surface area contributed by atoms with E-state index in [-0.39, 0.29) is 17.8 Å². The van der Waals surface area contributed by atoms with Crippen LogP contribution in [0.15, 0.2) is 52.1 Å². The summed E-state index contributed by atoms with van der Waals surface area (Å²) < 4.78 is 12.4. The molecule has 3 aliphatic heterocycles. The van der Waals surface area contributed by atoms with Crippen LogP contribution in [0, 0.1) is 0 Å². The van der Waals surface area contributed by atoms with E-state index in [1.165, 1.54) is 0 Å². The number of hydrogen-bond acceptors (Lipinski definition) is 5. The maximum absolute atomic E-state index is 12.4. The molecule has 1 aromatic rings. The number of aliphatic imine (C=N–C) groups is 1. The van der Waals surface area contributed by atoms with Gasteiger partial charge < -0.3 is 4.90 Å². The first-order chi connectivity index (χ1) is 10.8. The molecule has 122 valence electrons. The number of rotatable bonds is 2. The lowest BCUT2D eigenvalue weighted by Gasteiger charge is -2.26. The van der Waals surface area contributed by atoms with Gasteiger partial charge in [0.15, 0.2) is 5.84 Å². The number of halogens is 1. The van der Waals surface area contributed by atoms with Crippen molar-refractivity contribution in [2.24, 2.45) is 10.1 Å². The average Bonchev–Trinajstić information content (AvgIpc) is 3.09. The van der Waals surface area contributed by atoms with Crippen LogP contribution in [0.3, 0.4) is 0 Å². The van der Waals surface area contributed by atoms with E-state index in [9.17, 15) is 4.21 Å². The molecule has 0 saturated carbocycles. The Morgan fingerprint density at radius 3 is 2.83 bits per heavy atom. The molecule has 0 N–H and O–H groups in total. The summed E-state index contributed by atoms with van der Waals surface area (Å²) in [7, 11) is -0.897. The van der Waals surface area contributed by atoms with Crippen molar-refractivity contribution in [1.29, 1.82) is 0 Å². The highest BCUT2D eigenvalue weighted by atomic mass is 35.5. The predicted octanol–water partition coefficient (Wildman–Crippen LogP) is 1.83. The maximum atomic E-state index is 12.4. The molecule has 0 spiro atoms. The second kappa shape index (κ2) is 6.45. The molecular formula is C16H19ClN4OS. The predicted molar refractivity (Wildman–Crippen MR) is 96.5 cm³/mol. The summed E-state index contributed by atoms with van der Waals surface area (Å²) in [4.78, 5) is 6.96. The van der Waals surface area contributed by atoms with Gasteiger partial charge in [0.05, 0.1) is 17.3 Å². The number of hydrogen-bond donors (Lipinski definition) is 0. The normalized spacial score (nSPS) is 25.7. The van der Waals surface area contributed by atoms with Crippen molar-refractivity contribution in [3.8, 4) is 0 Å². The number of fused-ring (bicyclic) bond motifs is 3. The average molecular weight is 351 g/mol. The molecule has 0 aliphatic carbocycles. The monoisotopic (exact) mass is 350 g/mol. The van der Waals surface area contributed by atoms with Gasteiger partial charge in [0.2, 0.25) is 0 Å². The molecule has 0 radical (unpaired) electrons. The van der Waals surface area contributed by atoms with Gasteiger partial charge >= 0.3 is 0 Å². The molecule has 0 amide bonds. The summed E-state index contributed by atoms with van der Waals surface area (Å²) in [5.74, 6) is 1.49. The van der Waals surface area contributed by atoms with Crippen LogP contribution in [0.2, 0.25) is 0 Å². The van der Waals surface area contributed by atoms with Gasteiger partial charge in [-0.15, -0.1) is 12.4 Å². The van der Waals surface area contributed by atoms with Crippen LogP contribution in [-0.2, 0) is 10.8 Å². The van der Waals surface area contributed by atoms with Crippen molar-refractivity contribution < 1.29 is 4.21 Å². The van der Waals surface area contributed by atoms with Crippen LogP contribution in [0.1, 0.15) is 12.5 Å². The second-order valence-electron chi connectivity index (χ2n) is 5.57. The lowest BCUT2D eigenvalue weighted by atomic mass is 10.1. The molecule has 5 nitrogen and oxygen atoms in total. The Morgan fingerprint density at radius 2 is 2.09 bits per heavy atom. The van der Waals surface area contributed by atoms with Gasteiger partial charge in [-0.2, -0.15) is 5.10 Å². The van der Waals surface area contributed by atoms with E-state index in [0.717, 1.165) is 29.2 Å². The molecule has 2 unspecified atom stereocenters. The highest BCUT2D eigenvalue weighted by molar-refractivity contribution is 7.86. The number of hydrazone groups is 1. The zero-order valence-corrected chi connectivity index (χ0v) is 14.5. The third-order valence-corrected chi connectivity index (χ3v) is 5.78. The number of nitrogens with zero attached hydrogens (tertiary/aromatic N) is 4. The Bertz CT molecular complexity index is 716. The summed E-state index contributed by atoms with van der Waals surface area (Å²) in [6, 6.07) is 10.1. The molecule has 0 saturated heterocycles. The van der Waals surface area contributed by atoms with Crippen molar-refractivity contribution in [2.75, 3.05) is 25.5 Å². The molecule has 3 heterocycles. The first-order valence-electron chi connectivity index (χ1n) is 7.54. The van der Waals surface area contributed by atoms with Crippen LogP contribution in [0.4, 0.5) is 0 Å². The Hall–Kier alpha value is -1.66. The topological polar surface area (TPSA) is 48.3 Å². The molecule has 1 aromatic carbocycles. The fraction of sp³-hybridized carbons (Fsp3) is 0.375. The standard InChI is InChI=1S/C16H18N4OS.ClH/c1-2-19-11-20-15(18-19)14(12-6-4-3-5-7-12)17-10-13-8-9-22(21)16(13)20;/h3-8,16H,2,9-11H2,1H3;1H. The minimum Gasteiger partial charge on any atom is -0.316 e. The minimum atomic E-state index is -0.897. The van der Waals surface area contributed by atoms with Gasteiger partial charge in [0, 0.05) is 17.9 Å². The lowest BCUT2D eigenvalue weighted by Crippen LogP contribution is -2.44. The van der Waals surface area contributed by atoms with Gasteiger partial charge in [0.25, 0.3) is 0 Å². The fourth-order valence-corrected chi connectivity index (χ4v) is 4.62. The van der Waals surface area contributed by atoms with E-state index >= 15 is 0 Å². The van der Waals surface area contributed by atoms with E-state index in [4.69, 9.17) is 10.1 Å². The second-order valence-corrected chi connectivity index (χ2v) is 7.11. The van der Waals surface area contributed by atoms with E-state index in [0.29, 0.717) is 19.0 Å². The fourth-order valence-electron chi connectivity index (χ4n) is 3.10. The summed E-state index contributed by atoms with van der Waals surface area (Å²) in [6.07, 6.45) is 2.09. The highest BCUT2D eigenvalue weighted by Crippen LogP contribution is 2.29. The SMILES string of the molecule is CCN1CN2C(=N1)C(c1ccccc1)=NCC1=CCS(=O)C12.Cl. The number of amidine groups is 1. The number of benzene rings is 1. The third kappa shape index (κ3) is 2.70. The Balaban J connectivity index is 0.00000156. The molecule has 23 heavy (non-hydrogen) atoms.